The van der Waals surface area contributed by atoms with E-state index < -0.39 is 24.3 Å². The van der Waals surface area contributed by atoms with Crippen molar-refractivity contribution < 1.29 is 31.4 Å². The monoisotopic (exact) mass is 577 g/mol. The molecule has 1 unspecified atom stereocenters. The van der Waals surface area contributed by atoms with Crippen LogP contribution < -0.4 is 15.0 Å². The van der Waals surface area contributed by atoms with E-state index in [1.807, 2.05) is 17.9 Å². The molecule has 3 aromatic rings. The van der Waals surface area contributed by atoms with Gasteiger partial charge in [-0.25, -0.2) is 4.68 Å². The van der Waals surface area contributed by atoms with Crippen LogP contribution in [0.5, 0.6) is 11.5 Å². The second-order valence-corrected chi connectivity index (χ2v) is 9.37. The molecule has 0 radical (unpaired) electrons. The molecule has 1 aromatic heterocycles. The van der Waals surface area contributed by atoms with E-state index in [4.69, 9.17) is 23.2 Å². The van der Waals surface area contributed by atoms with Gasteiger partial charge < -0.3 is 9.47 Å². The molecule has 1 aliphatic heterocycles. The zero-order chi connectivity index (χ0) is 27.8. The third-order valence-corrected chi connectivity index (χ3v) is 6.85. The maximum Gasteiger partial charge on any atom is 0.573 e. The second kappa shape index (κ2) is 11.0. The topological polar surface area (TPSA) is 48.6 Å². The van der Waals surface area contributed by atoms with E-state index in [2.05, 4.69) is 9.47 Å². The van der Waals surface area contributed by atoms with E-state index in [0.29, 0.717) is 41.5 Å². The van der Waals surface area contributed by atoms with E-state index in [9.17, 15) is 26.7 Å². The lowest BCUT2D eigenvalue weighted by Gasteiger charge is -2.32. The fourth-order valence-electron chi connectivity index (χ4n) is 4.53. The summed E-state index contributed by atoms with van der Waals surface area (Å²) < 4.78 is 74.5. The molecule has 0 spiro atoms. The fraction of sp³-hybridized carbons (Fsp3) is 0.320. The molecule has 2 aromatic carbocycles. The molecule has 0 fully saturated rings. The summed E-state index contributed by atoms with van der Waals surface area (Å²) in [6, 6.07) is 9.00. The zero-order valence-corrected chi connectivity index (χ0v) is 21.6. The van der Waals surface area contributed by atoms with Crippen LogP contribution in [0.2, 0.25) is 10.0 Å². The van der Waals surface area contributed by atoms with Gasteiger partial charge in [0.25, 0.3) is 5.56 Å². The Morgan fingerprint density at radius 2 is 1.74 bits per heavy atom. The Hall–Kier alpha value is -3.02. The Morgan fingerprint density at radius 1 is 1.05 bits per heavy atom. The minimum absolute atomic E-state index is 0.0205. The number of aromatic nitrogens is 2. The molecular weight excluding hydrogens is 556 g/mol. The maximum absolute atomic E-state index is 13.0. The minimum Gasteiger partial charge on any atom is -0.434 e. The van der Waals surface area contributed by atoms with Crippen molar-refractivity contribution >= 4 is 28.8 Å². The van der Waals surface area contributed by atoms with Crippen molar-refractivity contribution in [3.05, 3.63) is 80.2 Å². The summed E-state index contributed by atoms with van der Waals surface area (Å²) in [6.07, 6.45) is -2.45. The standard InChI is InChI=1S/C25H22Cl2F5N3O3/c1-14(34-11-9-15(10-12-34)19-13-16(26)3-8-20(19)37-24(28)29)22-21(27)23(36)35(33(22)2)17-4-6-18(7-5-17)38-25(30,31)32/h3-9,13-14,24H,10-12H2,1-2H3. The summed E-state index contributed by atoms with van der Waals surface area (Å²) >= 11 is 12.5. The molecule has 0 saturated heterocycles. The lowest BCUT2D eigenvalue weighted by Crippen LogP contribution is -2.32. The van der Waals surface area contributed by atoms with Crippen LogP contribution in [0.4, 0.5) is 22.0 Å². The van der Waals surface area contributed by atoms with Gasteiger partial charge in [-0.15, -0.1) is 13.2 Å². The lowest BCUT2D eigenvalue weighted by atomic mass is 9.97. The number of rotatable bonds is 7. The third-order valence-electron chi connectivity index (χ3n) is 6.26. The third kappa shape index (κ3) is 6.00. The molecule has 0 saturated carbocycles. The first-order valence-corrected chi connectivity index (χ1v) is 12.1. The molecule has 13 heteroatoms. The molecule has 204 valence electrons. The van der Waals surface area contributed by atoms with Gasteiger partial charge in [0.1, 0.15) is 16.5 Å². The quantitative estimate of drug-likeness (QED) is 0.289. The van der Waals surface area contributed by atoms with E-state index in [1.165, 1.54) is 28.9 Å². The Bertz CT molecular complexity index is 1400. The highest BCUT2D eigenvalue weighted by Gasteiger charge is 2.31. The van der Waals surface area contributed by atoms with E-state index in [0.717, 1.165) is 17.7 Å². The normalized spacial score (nSPS) is 15.5. The SMILES string of the molecule is CC(c1c(Cl)c(=O)n(-c2ccc(OC(F)(F)F)cc2)n1C)N1CC=C(c2cc(Cl)ccc2OC(F)F)CC1. The molecule has 1 aliphatic rings. The molecular formula is C25H22Cl2F5N3O3. The lowest BCUT2D eigenvalue weighted by molar-refractivity contribution is -0.274. The predicted octanol–water partition coefficient (Wildman–Crippen LogP) is 6.83. The molecule has 6 nitrogen and oxygen atoms in total. The first kappa shape index (κ1) is 28.0. The van der Waals surface area contributed by atoms with Crippen LogP contribution in [-0.2, 0) is 7.05 Å². The van der Waals surface area contributed by atoms with E-state index in [1.54, 1.807) is 17.8 Å². The van der Waals surface area contributed by atoms with Crippen LogP contribution in [0.15, 0.2) is 53.3 Å². The Kier molecular flexibility index (Phi) is 8.10. The van der Waals surface area contributed by atoms with Crippen molar-refractivity contribution in [3.63, 3.8) is 0 Å². The molecule has 1 atom stereocenters. The average Bonchev–Trinajstić information content (AvgIpc) is 3.07. The summed E-state index contributed by atoms with van der Waals surface area (Å²) in [5, 5.41) is 0.368. The smallest absolute Gasteiger partial charge is 0.434 e. The van der Waals surface area contributed by atoms with Gasteiger partial charge in [-0.2, -0.15) is 8.78 Å². The summed E-state index contributed by atoms with van der Waals surface area (Å²) in [5.74, 6) is -0.382. The van der Waals surface area contributed by atoms with Crippen LogP contribution in [0.3, 0.4) is 0 Å². The summed E-state index contributed by atoms with van der Waals surface area (Å²) in [4.78, 5) is 15.0. The minimum atomic E-state index is -4.83. The highest BCUT2D eigenvalue weighted by atomic mass is 35.5. The van der Waals surface area contributed by atoms with Crippen molar-refractivity contribution in [2.24, 2.45) is 7.05 Å². The number of hydrogen-bond acceptors (Lipinski definition) is 4. The van der Waals surface area contributed by atoms with Crippen LogP contribution >= 0.6 is 23.2 Å². The molecule has 0 bridgehead atoms. The van der Waals surface area contributed by atoms with Crippen LogP contribution in [-0.4, -0.2) is 40.3 Å². The van der Waals surface area contributed by atoms with Crippen LogP contribution in [0.25, 0.3) is 11.3 Å². The van der Waals surface area contributed by atoms with Crippen molar-refractivity contribution in [3.8, 4) is 17.2 Å². The van der Waals surface area contributed by atoms with Gasteiger partial charge in [-0.3, -0.25) is 14.4 Å². The second-order valence-electron chi connectivity index (χ2n) is 8.55. The molecule has 0 N–H and O–H groups in total. The van der Waals surface area contributed by atoms with Gasteiger partial charge >= 0.3 is 13.0 Å². The number of halogens is 7. The maximum atomic E-state index is 13.0. The van der Waals surface area contributed by atoms with Crippen molar-refractivity contribution in [1.82, 2.24) is 14.3 Å². The van der Waals surface area contributed by atoms with Crippen molar-refractivity contribution in [2.45, 2.75) is 32.4 Å². The number of ether oxygens (including phenoxy) is 2. The first-order chi connectivity index (χ1) is 17.9. The molecule has 4 rings (SSSR count). The largest absolute Gasteiger partial charge is 0.573 e. The molecule has 0 aliphatic carbocycles. The Morgan fingerprint density at radius 3 is 2.32 bits per heavy atom. The molecule has 38 heavy (non-hydrogen) atoms. The highest BCUT2D eigenvalue weighted by molar-refractivity contribution is 6.31. The molecule has 0 amide bonds. The first-order valence-electron chi connectivity index (χ1n) is 11.4. The van der Waals surface area contributed by atoms with E-state index >= 15 is 0 Å². The number of alkyl halides is 5. The molecule has 2 heterocycles. The predicted molar refractivity (Wildman–Crippen MR) is 133 cm³/mol. The number of nitrogens with zero attached hydrogens (tertiary/aromatic N) is 3. The summed E-state index contributed by atoms with van der Waals surface area (Å²) in [5.41, 5.74) is 1.57. The van der Waals surface area contributed by atoms with E-state index in [-0.39, 0.29) is 16.8 Å². The van der Waals surface area contributed by atoms with Crippen LogP contribution in [0, 0.1) is 0 Å². The van der Waals surface area contributed by atoms with Gasteiger partial charge in [0.15, 0.2) is 0 Å². The Labute approximate surface area is 224 Å². The number of hydrogen-bond donors (Lipinski definition) is 0. The summed E-state index contributed by atoms with van der Waals surface area (Å²) in [7, 11) is 1.63. The van der Waals surface area contributed by atoms with Crippen LogP contribution in [0.1, 0.15) is 30.6 Å². The van der Waals surface area contributed by atoms with Crippen molar-refractivity contribution in [2.75, 3.05) is 13.1 Å². The van der Waals surface area contributed by atoms with Gasteiger partial charge in [-0.1, -0.05) is 29.3 Å². The summed E-state index contributed by atoms with van der Waals surface area (Å²) in [6.45, 7) is -0.158. The van der Waals surface area contributed by atoms with Gasteiger partial charge in [0.2, 0.25) is 0 Å². The van der Waals surface area contributed by atoms with Crippen molar-refractivity contribution in [1.29, 1.82) is 0 Å². The fourth-order valence-corrected chi connectivity index (χ4v) is 5.06. The Balaban J connectivity index is 1.58. The highest BCUT2D eigenvalue weighted by Crippen LogP contribution is 2.36. The zero-order valence-electron chi connectivity index (χ0n) is 20.1. The number of benzene rings is 2. The van der Waals surface area contributed by atoms with Gasteiger partial charge in [-0.05, 0) is 61.4 Å². The van der Waals surface area contributed by atoms with Gasteiger partial charge in [0, 0.05) is 30.7 Å². The van der Waals surface area contributed by atoms with Gasteiger partial charge in [0.05, 0.1) is 17.4 Å². The average molecular weight is 578 g/mol.